The molecule has 1 aliphatic heterocycles. The molecule has 4 nitrogen and oxygen atoms in total. The molecule has 0 atom stereocenters. The molecule has 0 bridgehead atoms. The van der Waals surface area contributed by atoms with Crippen molar-refractivity contribution < 1.29 is 12.8 Å². The van der Waals surface area contributed by atoms with Crippen molar-refractivity contribution in [2.24, 2.45) is 0 Å². The van der Waals surface area contributed by atoms with Crippen molar-refractivity contribution in [2.75, 3.05) is 13.1 Å². The Morgan fingerprint density at radius 3 is 2.55 bits per heavy atom. The van der Waals surface area contributed by atoms with Gasteiger partial charge in [0.15, 0.2) is 0 Å². The van der Waals surface area contributed by atoms with E-state index in [9.17, 15) is 12.8 Å². The van der Waals surface area contributed by atoms with Crippen molar-refractivity contribution in [2.45, 2.75) is 30.7 Å². The molecule has 0 radical (unpaired) electrons. The van der Waals surface area contributed by atoms with Crippen LogP contribution in [0.3, 0.4) is 0 Å². The fourth-order valence-electron chi connectivity index (χ4n) is 2.06. The standard InChI is InChI=1S/C12H16ClFN2O2S.ClH/c1-8-6-12(10(13)7-11(8)14)19(17,18)16-9-2-4-15-5-3-9;/h6-7,9,15-16H,2-5H2,1H3;1H. The quantitative estimate of drug-likeness (QED) is 0.885. The third-order valence-electron chi connectivity index (χ3n) is 3.16. The number of hydrogen-bond donors (Lipinski definition) is 2. The minimum atomic E-state index is -3.71. The van der Waals surface area contributed by atoms with Crippen LogP contribution in [-0.4, -0.2) is 27.5 Å². The Labute approximate surface area is 129 Å². The molecule has 20 heavy (non-hydrogen) atoms. The van der Waals surface area contributed by atoms with Gasteiger partial charge in [-0.1, -0.05) is 11.6 Å². The fourth-order valence-corrected chi connectivity index (χ4v) is 3.96. The van der Waals surface area contributed by atoms with Gasteiger partial charge < -0.3 is 5.32 Å². The largest absolute Gasteiger partial charge is 0.317 e. The first-order valence-electron chi connectivity index (χ1n) is 6.09. The van der Waals surface area contributed by atoms with Crippen molar-refractivity contribution in [3.05, 3.63) is 28.5 Å². The first-order valence-corrected chi connectivity index (χ1v) is 7.95. The number of benzene rings is 1. The molecule has 1 aliphatic rings. The van der Waals surface area contributed by atoms with E-state index >= 15 is 0 Å². The molecule has 0 spiro atoms. The Bertz CT molecular complexity index is 575. The Balaban J connectivity index is 0.00000200. The molecule has 0 amide bonds. The lowest BCUT2D eigenvalue weighted by Crippen LogP contribution is -2.42. The molecule has 114 valence electrons. The van der Waals surface area contributed by atoms with Gasteiger partial charge in [0.1, 0.15) is 10.7 Å². The summed E-state index contributed by atoms with van der Waals surface area (Å²) in [6.07, 6.45) is 1.47. The summed E-state index contributed by atoms with van der Waals surface area (Å²) in [6.45, 7) is 3.07. The second-order valence-corrected chi connectivity index (χ2v) is 6.77. The molecule has 8 heteroatoms. The van der Waals surface area contributed by atoms with E-state index in [-0.39, 0.29) is 33.9 Å². The van der Waals surface area contributed by atoms with Crippen LogP contribution in [0.25, 0.3) is 0 Å². The number of halogens is 3. The van der Waals surface area contributed by atoms with E-state index in [2.05, 4.69) is 10.0 Å². The van der Waals surface area contributed by atoms with E-state index in [0.717, 1.165) is 32.0 Å². The number of piperidine rings is 1. The first-order chi connectivity index (χ1) is 8.90. The highest BCUT2D eigenvalue weighted by Gasteiger charge is 2.24. The van der Waals surface area contributed by atoms with Gasteiger partial charge in [0.2, 0.25) is 10.0 Å². The van der Waals surface area contributed by atoms with Crippen LogP contribution in [-0.2, 0) is 10.0 Å². The Hall–Kier alpha value is -0.400. The van der Waals surface area contributed by atoms with E-state index < -0.39 is 15.8 Å². The molecule has 0 aliphatic carbocycles. The van der Waals surface area contributed by atoms with Gasteiger partial charge in [0.25, 0.3) is 0 Å². The Morgan fingerprint density at radius 1 is 1.35 bits per heavy atom. The lowest BCUT2D eigenvalue weighted by Gasteiger charge is -2.23. The molecule has 0 aromatic heterocycles. The SMILES string of the molecule is Cc1cc(S(=O)(=O)NC2CCNCC2)c(Cl)cc1F.Cl. The monoisotopic (exact) mass is 342 g/mol. The highest BCUT2D eigenvalue weighted by Crippen LogP contribution is 2.25. The number of sulfonamides is 1. The topological polar surface area (TPSA) is 58.2 Å². The summed E-state index contributed by atoms with van der Waals surface area (Å²) < 4.78 is 40.4. The van der Waals surface area contributed by atoms with Crippen LogP contribution in [0, 0.1) is 12.7 Å². The first kappa shape index (κ1) is 17.7. The predicted molar refractivity (Wildman–Crippen MR) is 79.6 cm³/mol. The molecule has 1 aromatic rings. The maximum atomic E-state index is 13.3. The van der Waals surface area contributed by atoms with Crippen molar-refractivity contribution in [3.8, 4) is 0 Å². The summed E-state index contributed by atoms with van der Waals surface area (Å²) in [7, 11) is -3.71. The van der Waals surface area contributed by atoms with Gasteiger partial charge in [0.05, 0.1) is 5.02 Å². The third kappa shape index (κ3) is 4.05. The van der Waals surface area contributed by atoms with Gasteiger partial charge in [-0.05, 0) is 50.6 Å². The van der Waals surface area contributed by atoms with E-state index in [1.807, 2.05) is 0 Å². The van der Waals surface area contributed by atoms with Crippen LogP contribution in [0.1, 0.15) is 18.4 Å². The molecule has 1 fully saturated rings. The molecule has 1 heterocycles. The molecule has 1 aromatic carbocycles. The lowest BCUT2D eigenvalue weighted by atomic mass is 10.1. The molecule has 2 rings (SSSR count). The molecule has 1 saturated heterocycles. The van der Waals surface area contributed by atoms with Crippen LogP contribution in [0.15, 0.2) is 17.0 Å². The minimum absolute atomic E-state index is 0. The van der Waals surface area contributed by atoms with E-state index in [4.69, 9.17) is 11.6 Å². The average Bonchev–Trinajstić information content (AvgIpc) is 2.34. The third-order valence-corrected chi connectivity index (χ3v) is 5.15. The number of hydrogen-bond acceptors (Lipinski definition) is 3. The van der Waals surface area contributed by atoms with Crippen molar-refractivity contribution >= 4 is 34.0 Å². The summed E-state index contributed by atoms with van der Waals surface area (Å²) in [6, 6.07) is 2.20. The highest BCUT2D eigenvalue weighted by atomic mass is 35.5. The van der Waals surface area contributed by atoms with Crippen LogP contribution in [0.4, 0.5) is 4.39 Å². The maximum absolute atomic E-state index is 13.3. The van der Waals surface area contributed by atoms with Crippen LogP contribution < -0.4 is 10.0 Å². The normalized spacial score (nSPS) is 16.8. The number of aryl methyl sites for hydroxylation is 1. The van der Waals surface area contributed by atoms with Gasteiger partial charge in [-0.15, -0.1) is 12.4 Å². The lowest BCUT2D eigenvalue weighted by molar-refractivity contribution is 0.427. The van der Waals surface area contributed by atoms with Crippen molar-refractivity contribution in [1.82, 2.24) is 10.0 Å². The summed E-state index contributed by atoms with van der Waals surface area (Å²) in [5.41, 5.74) is 0.259. The van der Waals surface area contributed by atoms with Gasteiger partial charge in [-0.25, -0.2) is 17.5 Å². The van der Waals surface area contributed by atoms with Gasteiger partial charge in [-0.2, -0.15) is 0 Å². The van der Waals surface area contributed by atoms with E-state index in [0.29, 0.717) is 0 Å². The summed E-state index contributed by atoms with van der Waals surface area (Å²) in [5.74, 6) is -0.509. The number of rotatable bonds is 3. The summed E-state index contributed by atoms with van der Waals surface area (Å²) in [5, 5.41) is 3.06. The highest BCUT2D eigenvalue weighted by molar-refractivity contribution is 7.89. The van der Waals surface area contributed by atoms with E-state index in [1.54, 1.807) is 0 Å². The van der Waals surface area contributed by atoms with E-state index in [1.165, 1.54) is 13.0 Å². The molecule has 0 saturated carbocycles. The van der Waals surface area contributed by atoms with Gasteiger partial charge in [-0.3, -0.25) is 0 Å². The van der Waals surface area contributed by atoms with Gasteiger partial charge >= 0.3 is 0 Å². The smallest absolute Gasteiger partial charge is 0.242 e. The fraction of sp³-hybridized carbons (Fsp3) is 0.500. The molecular formula is C12H17Cl2FN2O2S. The second-order valence-electron chi connectivity index (χ2n) is 4.68. The van der Waals surface area contributed by atoms with Gasteiger partial charge in [0, 0.05) is 6.04 Å². The maximum Gasteiger partial charge on any atom is 0.242 e. The predicted octanol–water partition coefficient (Wildman–Crippen LogP) is 2.24. The summed E-state index contributed by atoms with van der Waals surface area (Å²) in [4.78, 5) is -0.0633. The van der Waals surface area contributed by atoms with Crippen LogP contribution in [0.2, 0.25) is 5.02 Å². The van der Waals surface area contributed by atoms with Crippen LogP contribution in [0.5, 0.6) is 0 Å². The van der Waals surface area contributed by atoms with Crippen molar-refractivity contribution in [3.63, 3.8) is 0 Å². The second kappa shape index (κ2) is 7.04. The zero-order chi connectivity index (χ0) is 14.0. The average molecular weight is 343 g/mol. The Kier molecular flexibility index (Phi) is 6.22. The summed E-state index contributed by atoms with van der Waals surface area (Å²) >= 11 is 5.83. The molecule has 2 N–H and O–H groups in total. The van der Waals surface area contributed by atoms with Crippen LogP contribution >= 0.6 is 24.0 Å². The molecular weight excluding hydrogens is 326 g/mol. The van der Waals surface area contributed by atoms with Crippen molar-refractivity contribution in [1.29, 1.82) is 0 Å². The Morgan fingerprint density at radius 2 is 1.95 bits per heavy atom. The minimum Gasteiger partial charge on any atom is -0.317 e. The number of nitrogens with one attached hydrogen (secondary N) is 2. The zero-order valence-corrected chi connectivity index (χ0v) is 13.3. The molecule has 0 unspecified atom stereocenters. The zero-order valence-electron chi connectivity index (χ0n) is 10.9.